The molecular weight excluding hydrogens is 202 g/mol. The van der Waals surface area contributed by atoms with Crippen LogP contribution in [0, 0.1) is 19.8 Å². The Morgan fingerprint density at radius 1 is 1.27 bits per heavy atom. The van der Waals surface area contributed by atoms with Crippen molar-refractivity contribution in [3.05, 3.63) is 21.4 Å². The number of hydrogen-bond donors (Lipinski definition) is 1. The van der Waals surface area contributed by atoms with Crippen molar-refractivity contribution < 1.29 is 0 Å². The zero-order chi connectivity index (χ0) is 11.4. The lowest BCUT2D eigenvalue weighted by atomic mass is 10.0. The van der Waals surface area contributed by atoms with Crippen LogP contribution >= 0.6 is 11.3 Å². The monoisotopic (exact) mass is 225 g/mol. The molecule has 15 heavy (non-hydrogen) atoms. The molecule has 1 nitrogen and oxygen atoms in total. The van der Waals surface area contributed by atoms with Gasteiger partial charge in [-0.1, -0.05) is 26.7 Å². The first-order chi connectivity index (χ1) is 7.00. The topological polar surface area (TPSA) is 26.0 Å². The zero-order valence-electron chi connectivity index (χ0n) is 10.3. The summed E-state index contributed by atoms with van der Waals surface area (Å²) in [6, 6.07) is 2.50. The molecule has 0 aliphatic rings. The van der Waals surface area contributed by atoms with Crippen molar-refractivity contribution >= 4 is 11.3 Å². The number of nitrogens with two attached hydrogens (primary N) is 1. The quantitative estimate of drug-likeness (QED) is 0.799. The van der Waals surface area contributed by atoms with Crippen LogP contribution in [0.15, 0.2) is 6.07 Å². The van der Waals surface area contributed by atoms with Crippen LogP contribution in [-0.2, 0) is 0 Å². The van der Waals surface area contributed by atoms with Crippen molar-refractivity contribution in [2.45, 2.75) is 53.0 Å². The Kier molecular flexibility index (Phi) is 4.81. The molecule has 0 amide bonds. The number of rotatable bonds is 5. The molecule has 0 saturated carbocycles. The molecule has 1 heterocycles. The second kappa shape index (κ2) is 5.66. The van der Waals surface area contributed by atoms with E-state index in [9.17, 15) is 0 Å². The van der Waals surface area contributed by atoms with E-state index in [-0.39, 0.29) is 6.04 Å². The molecule has 0 aromatic carbocycles. The molecule has 1 aromatic rings. The van der Waals surface area contributed by atoms with Gasteiger partial charge in [0.05, 0.1) is 0 Å². The van der Waals surface area contributed by atoms with Gasteiger partial charge in [-0.3, -0.25) is 0 Å². The van der Waals surface area contributed by atoms with Gasteiger partial charge in [-0.25, -0.2) is 0 Å². The van der Waals surface area contributed by atoms with E-state index in [1.165, 1.54) is 28.2 Å². The third-order valence-electron chi connectivity index (χ3n) is 2.85. The second-order valence-corrected chi connectivity index (χ2v) is 6.11. The van der Waals surface area contributed by atoms with E-state index in [0.29, 0.717) is 0 Å². The van der Waals surface area contributed by atoms with Gasteiger partial charge in [0.2, 0.25) is 0 Å². The molecule has 1 unspecified atom stereocenters. The molecule has 86 valence electrons. The molecule has 0 aliphatic carbocycles. The first-order valence-electron chi connectivity index (χ1n) is 5.83. The Bertz CT molecular complexity index is 282. The second-order valence-electron chi connectivity index (χ2n) is 4.82. The third-order valence-corrected chi connectivity index (χ3v) is 4.13. The summed E-state index contributed by atoms with van der Waals surface area (Å²) in [5.41, 5.74) is 7.56. The third kappa shape index (κ3) is 3.96. The molecule has 0 spiro atoms. The minimum absolute atomic E-state index is 0.251. The van der Waals surface area contributed by atoms with E-state index < -0.39 is 0 Å². The lowest BCUT2D eigenvalue weighted by molar-refractivity contribution is 0.508. The van der Waals surface area contributed by atoms with Crippen molar-refractivity contribution in [1.29, 1.82) is 0 Å². The summed E-state index contributed by atoms with van der Waals surface area (Å²) in [6.07, 6.45) is 3.66. The SMILES string of the molecule is Cc1cc(C(N)CCCC(C)C)sc1C. The summed E-state index contributed by atoms with van der Waals surface area (Å²) < 4.78 is 0. The maximum atomic E-state index is 6.17. The van der Waals surface area contributed by atoms with Crippen LogP contribution in [0.25, 0.3) is 0 Å². The molecule has 2 N–H and O–H groups in total. The summed E-state index contributed by atoms with van der Waals surface area (Å²) in [5, 5.41) is 0. The molecule has 0 aliphatic heterocycles. The summed E-state index contributed by atoms with van der Waals surface area (Å²) in [5.74, 6) is 0.795. The first kappa shape index (κ1) is 12.7. The lowest BCUT2D eigenvalue weighted by Crippen LogP contribution is -2.08. The molecule has 0 radical (unpaired) electrons. The summed E-state index contributed by atoms with van der Waals surface area (Å²) in [7, 11) is 0. The highest BCUT2D eigenvalue weighted by Gasteiger charge is 2.10. The minimum atomic E-state index is 0.251. The van der Waals surface area contributed by atoms with E-state index >= 15 is 0 Å². The maximum Gasteiger partial charge on any atom is 0.0389 e. The fourth-order valence-corrected chi connectivity index (χ4v) is 2.75. The van der Waals surface area contributed by atoms with Gasteiger partial charge < -0.3 is 5.73 Å². The van der Waals surface area contributed by atoms with Gasteiger partial charge >= 0.3 is 0 Å². The van der Waals surface area contributed by atoms with Crippen LogP contribution in [0.3, 0.4) is 0 Å². The van der Waals surface area contributed by atoms with Crippen LogP contribution in [-0.4, -0.2) is 0 Å². The normalized spacial score (nSPS) is 13.5. The van der Waals surface area contributed by atoms with Crippen LogP contribution in [0.2, 0.25) is 0 Å². The lowest BCUT2D eigenvalue weighted by Gasteiger charge is -2.10. The van der Waals surface area contributed by atoms with Crippen LogP contribution in [0.1, 0.15) is 54.5 Å². The molecular formula is C13H23NS. The predicted octanol–water partition coefficient (Wildman–Crippen LogP) is 4.19. The maximum absolute atomic E-state index is 6.17. The number of hydrogen-bond acceptors (Lipinski definition) is 2. The van der Waals surface area contributed by atoms with E-state index in [2.05, 4.69) is 33.8 Å². The molecule has 1 aromatic heterocycles. The smallest absolute Gasteiger partial charge is 0.0389 e. The van der Waals surface area contributed by atoms with E-state index in [0.717, 1.165) is 12.3 Å². The highest BCUT2D eigenvalue weighted by molar-refractivity contribution is 7.12. The average molecular weight is 225 g/mol. The van der Waals surface area contributed by atoms with Crippen molar-refractivity contribution in [3.8, 4) is 0 Å². The van der Waals surface area contributed by atoms with Gasteiger partial charge in [0, 0.05) is 15.8 Å². The first-order valence-corrected chi connectivity index (χ1v) is 6.65. The highest BCUT2D eigenvalue weighted by atomic mass is 32.1. The van der Waals surface area contributed by atoms with Crippen LogP contribution in [0.5, 0.6) is 0 Å². The van der Waals surface area contributed by atoms with Crippen molar-refractivity contribution in [3.63, 3.8) is 0 Å². The Morgan fingerprint density at radius 2 is 1.93 bits per heavy atom. The van der Waals surface area contributed by atoms with Crippen molar-refractivity contribution in [2.75, 3.05) is 0 Å². The van der Waals surface area contributed by atoms with Crippen molar-refractivity contribution in [2.24, 2.45) is 11.7 Å². The molecule has 1 atom stereocenters. The Morgan fingerprint density at radius 3 is 2.40 bits per heavy atom. The van der Waals surface area contributed by atoms with E-state index in [1.807, 2.05) is 11.3 Å². The van der Waals surface area contributed by atoms with Gasteiger partial charge in [0.25, 0.3) is 0 Å². The van der Waals surface area contributed by atoms with Gasteiger partial charge in [-0.05, 0) is 37.8 Å². The molecule has 0 bridgehead atoms. The predicted molar refractivity (Wildman–Crippen MR) is 69.4 cm³/mol. The van der Waals surface area contributed by atoms with Crippen molar-refractivity contribution in [1.82, 2.24) is 0 Å². The minimum Gasteiger partial charge on any atom is -0.323 e. The van der Waals surface area contributed by atoms with Gasteiger partial charge in [0.1, 0.15) is 0 Å². The Labute approximate surface area is 97.7 Å². The molecule has 0 saturated heterocycles. The molecule has 2 heteroatoms. The van der Waals surface area contributed by atoms with Gasteiger partial charge in [-0.15, -0.1) is 11.3 Å². The highest BCUT2D eigenvalue weighted by Crippen LogP contribution is 2.28. The zero-order valence-corrected chi connectivity index (χ0v) is 11.2. The number of thiophene rings is 1. The summed E-state index contributed by atoms with van der Waals surface area (Å²) in [6.45, 7) is 8.87. The Balaban J connectivity index is 2.43. The van der Waals surface area contributed by atoms with Crippen LogP contribution in [0.4, 0.5) is 0 Å². The standard InChI is InChI=1S/C13H23NS/c1-9(2)6-5-7-12(14)13-8-10(3)11(4)15-13/h8-9,12H,5-7,14H2,1-4H3. The summed E-state index contributed by atoms with van der Waals surface area (Å²) in [4.78, 5) is 2.76. The van der Waals surface area contributed by atoms with Gasteiger partial charge in [0.15, 0.2) is 0 Å². The van der Waals surface area contributed by atoms with E-state index in [4.69, 9.17) is 5.73 Å². The van der Waals surface area contributed by atoms with E-state index in [1.54, 1.807) is 0 Å². The van der Waals surface area contributed by atoms with Crippen LogP contribution < -0.4 is 5.73 Å². The largest absolute Gasteiger partial charge is 0.323 e. The van der Waals surface area contributed by atoms with Gasteiger partial charge in [-0.2, -0.15) is 0 Å². The summed E-state index contributed by atoms with van der Waals surface area (Å²) >= 11 is 1.86. The Hall–Kier alpha value is -0.340. The molecule has 1 rings (SSSR count). The molecule has 0 fully saturated rings. The fourth-order valence-electron chi connectivity index (χ4n) is 1.67. The fraction of sp³-hybridized carbons (Fsp3) is 0.692. The average Bonchev–Trinajstić information content (AvgIpc) is 2.46. The number of aryl methyl sites for hydroxylation is 2.